The lowest BCUT2D eigenvalue weighted by molar-refractivity contribution is 0.0509. The number of alkyl carbamates (subject to hydrolysis) is 1. The average molecular weight is 448 g/mol. The van der Waals surface area contributed by atoms with Crippen LogP contribution in [-0.2, 0) is 16.1 Å². The number of rotatable bonds is 15. The molecule has 180 valence electrons. The van der Waals surface area contributed by atoms with Crippen LogP contribution in [0.3, 0.4) is 0 Å². The van der Waals surface area contributed by atoms with Crippen molar-refractivity contribution >= 4 is 18.3 Å². The van der Waals surface area contributed by atoms with Crippen LogP contribution in [0.15, 0.2) is 29.4 Å². The number of carbonyl (C=O) groups excluding carboxylic acids is 2. The highest BCUT2D eigenvalue weighted by molar-refractivity contribution is 5.89. The number of amides is 1. The number of nitrogens with zero attached hydrogens (tertiary/aromatic N) is 1. The van der Waals surface area contributed by atoms with Crippen LogP contribution in [0.4, 0.5) is 4.79 Å². The highest BCUT2D eigenvalue weighted by atomic mass is 16.7. The molecule has 0 fully saturated rings. The second kappa shape index (κ2) is 16.3. The molecule has 0 atom stereocenters. The first-order valence-electron chi connectivity index (χ1n) is 11.8. The van der Waals surface area contributed by atoms with E-state index in [1.807, 2.05) is 20.8 Å². The third-order valence-corrected chi connectivity index (χ3v) is 4.77. The van der Waals surface area contributed by atoms with Crippen molar-refractivity contribution in [1.82, 2.24) is 5.32 Å². The molecule has 1 aromatic rings. The number of unbranched alkanes of at least 4 members (excludes halogenated alkanes) is 9. The van der Waals surface area contributed by atoms with E-state index in [2.05, 4.69) is 10.5 Å². The van der Waals surface area contributed by atoms with E-state index in [1.165, 1.54) is 44.9 Å². The SMILES string of the molecule is CC(C)(C)OC(=O)NCc1ccc(C(=O)ON=CCCCCCCCCCCCN)cc1. The number of carbonyl (C=O) groups is 2. The molecule has 1 aromatic carbocycles. The van der Waals surface area contributed by atoms with Crippen molar-refractivity contribution in [2.45, 2.75) is 97.1 Å². The molecule has 7 nitrogen and oxygen atoms in total. The van der Waals surface area contributed by atoms with Crippen LogP contribution in [0.2, 0.25) is 0 Å². The number of hydrogen-bond donors (Lipinski definition) is 2. The summed E-state index contributed by atoms with van der Waals surface area (Å²) in [5, 5.41) is 6.46. The second-order valence-electron chi connectivity index (χ2n) is 8.98. The molecule has 0 bridgehead atoms. The summed E-state index contributed by atoms with van der Waals surface area (Å²) >= 11 is 0. The predicted molar refractivity (Wildman–Crippen MR) is 129 cm³/mol. The summed E-state index contributed by atoms with van der Waals surface area (Å²) in [5.74, 6) is -0.498. The van der Waals surface area contributed by atoms with Gasteiger partial charge in [-0.15, -0.1) is 0 Å². The molecule has 0 aliphatic carbocycles. The predicted octanol–water partition coefficient (Wildman–Crippen LogP) is 5.71. The third kappa shape index (κ3) is 14.6. The summed E-state index contributed by atoms with van der Waals surface area (Å²) < 4.78 is 5.19. The summed E-state index contributed by atoms with van der Waals surface area (Å²) in [7, 11) is 0. The number of nitrogens with one attached hydrogen (secondary N) is 1. The fourth-order valence-corrected chi connectivity index (χ4v) is 3.06. The minimum Gasteiger partial charge on any atom is -0.444 e. The molecule has 7 heteroatoms. The fourth-order valence-electron chi connectivity index (χ4n) is 3.06. The largest absolute Gasteiger partial charge is 0.444 e. The third-order valence-electron chi connectivity index (χ3n) is 4.77. The van der Waals surface area contributed by atoms with Crippen molar-refractivity contribution in [3.05, 3.63) is 35.4 Å². The minimum absolute atomic E-state index is 0.316. The van der Waals surface area contributed by atoms with Crippen LogP contribution in [-0.4, -0.2) is 30.4 Å². The van der Waals surface area contributed by atoms with Gasteiger partial charge in [-0.3, -0.25) is 0 Å². The molecule has 0 unspecified atom stereocenters. The summed E-state index contributed by atoms with van der Waals surface area (Å²) in [6.45, 7) is 6.55. The summed E-state index contributed by atoms with van der Waals surface area (Å²) in [5.41, 5.74) is 6.22. The Morgan fingerprint density at radius 3 is 2.06 bits per heavy atom. The molecular formula is C25H41N3O4. The van der Waals surface area contributed by atoms with Crippen molar-refractivity contribution in [2.24, 2.45) is 10.9 Å². The van der Waals surface area contributed by atoms with E-state index in [9.17, 15) is 9.59 Å². The number of benzene rings is 1. The quantitative estimate of drug-likeness (QED) is 0.155. The van der Waals surface area contributed by atoms with Gasteiger partial charge in [0.15, 0.2) is 0 Å². The Labute approximate surface area is 193 Å². The van der Waals surface area contributed by atoms with Crippen molar-refractivity contribution in [2.75, 3.05) is 6.54 Å². The van der Waals surface area contributed by atoms with Gasteiger partial charge in [0.1, 0.15) is 5.60 Å². The van der Waals surface area contributed by atoms with E-state index in [0.29, 0.717) is 12.1 Å². The minimum atomic E-state index is -0.539. The number of ether oxygens (including phenoxy) is 1. The Morgan fingerprint density at radius 2 is 1.50 bits per heavy atom. The molecule has 0 aromatic heterocycles. The average Bonchev–Trinajstić information content (AvgIpc) is 2.74. The first-order chi connectivity index (χ1) is 15.3. The standard InChI is InChI=1S/C25H41N3O4/c1-25(2,3)31-24(30)27-20-21-14-16-22(17-15-21)23(29)32-28-19-13-11-9-7-5-4-6-8-10-12-18-26/h14-17,19H,4-13,18,20,26H2,1-3H3,(H,27,30). The van der Waals surface area contributed by atoms with Gasteiger partial charge in [0.2, 0.25) is 0 Å². The van der Waals surface area contributed by atoms with Crippen LogP contribution >= 0.6 is 0 Å². The Hall–Kier alpha value is -2.41. The molecule has 0 saturated carbocycles. The first-order valence-corrected chi connectivity index (χ1v) is 11.8. The number of hydrogen-bond acceptors (Lipinski definition) is 6. The van der Waals surface area contributed by atoms with Crippen LogP contribution in [0, 0.1) is 0 Å². The molecule has 32 heavy (non-hydrogen) atoms. The molecule has 1 rings (SSSR count). The van der Waals surface area contributed by atoms with Crippen molar-refractivity contribution in [1.29, 1.82) is 0 Å². The molecule has 0 heterocycles. The second-order valence-corrected chi connectivity index (χ2v) is 8.98. The van der Waals surface area contributed by atoms with Gasteiger partial charge in [0.05, 0.1) is 5.56 Å². The lowest BCUT2D eigenvalue weighted by Gasteiger charge is -2.19. The zero-order valence-electron chi connectivity index (χ0n) is 20.0. The van der Waals surface area contributed by atoms with Gasteiger partial charge >= 0.3 is 12.1 Å². The van der Waals surface area contributed by atoms with Gasteiger partial charge in [-0.1, -0.05) is 62.2 Å². The number of oxime groups is 1. The van der Waals surface area contributed by atoms with Gasteiger partial charge in [-0.25, -0.2) is 9.59 Å². The highest BCUT2D eigenvalue weighted by Gasteiger charge is 2.15. The summed E-state index contributed by atoms with van der Waals surface area (Å²) in [6, 6.07) is 6.83. The van der Waals surface area contributed by atoms with Crippen LogP contribution in [0.5, 0.6) is 0 Å². The Morgan fingerprint density at radius 1 is 0.938 bits per heavy atom. The molecule has 0 aliphatic rings. The zero-order valence-corrected chi connectivity index (χ0v) is 20.0. The van der Waals surface area contributed by atoms with E-state index < -0.39 is 17.7 Å². The first kappa shape index (κ1) is 27.6. The number of nitrogens with two attached hydrogens (primary N) is 1. The maximum Gasteiger partial charge on any atom is 0.407 e. The molecule has 0 saturated heterocycles. The molecular weight excluding hydrogens is 406 g/mol. The van der Waals surface area contributed by atoms with E-state index in [-0.39, 0.29) is 0 Å². The highest BCUT2D eigenvalue weighted by Crippen LogP contribution is 2.11. The van der Waals surface area contributed by atoms with Gasteiger partial charge < -0.3 is 20.6 Å². The Balaban J connectivity index is 2.13. The van der Waals surface area contributed by atoms with Gasteiger partial charge in [0.25, 0.3) is 0 Å². The summed E-state index contributed by atoms with van der Waals surface area (Å²) in [4.78, 5) is 28.7. The van der Waals surface area contributed by atoms with E-state index in [4.69, 9.17) is 15.3 Å². The monoisotopic (exact) mass is 447 g/mol. The molecule has 3 N–H and O–H groups in total. The molecule has 0 spiro atoms. The molecule has 0 aliphatic heterocycles. The smallest absolute Gasteiger partial charge is 0.407 e. The lowest BCUT2D eigenvalue weighted by Crippen LogP contribution is -2.32. The van der Waals surface area contributed by atoms with Crippen LogP contribution < -0.4 is 11.1 Å². The topological polar surface area (TPSA) is 103 Å². The lowest BCUT2D eigenvalue weighted by atomic mass is 10.1. The van der Waals surface area contributed by atoms with Crippen molar-refractivity contribution in [3.8, 4) is 0 Å². The maximum absolute atomic E-state index is 12.0. The Kier molecular flexibility index (Phi) is 14.0. The van der Waals surface area contributed by atoms with Gasteiger partial charge in [-0.05, 0) is 64.3 Å². The fraction of sp³-hybridized carbons (Fsp3) is 0.640. The molecule has 0 radical (unpaired) electrons. The van der Waals surface area contributed by atoms with E-state index >= 15 is 0 Å². The van der Waals surface area contributed by atoms with Gasteiger partial charge in [-0.2, -0.15) is 0 Å². The normalized spacial score (nSPS) is 11.5. The van der Waals surface area contributed by atoms with Crippen molar-refractivity contribution < 1.29 is 19.2 Å². The van der Waals surface area contributed by atoms with E-state index in [0.717, 1.165) is 31.4 Å². The van der Waals surface area contributed by atoms with E-state index in [1.54, 1.807) is 30.5 Å². The van der Waals surface area contributed by atoms with Crippen molar-refractivity contribution in [3.63, 3.8) is 0 Å². The molecule has 1 amide bonds. The Bertz CT molecular complexity index is 681. The van der Waals surface area contributed by atoms with Crippen LogP contribution in [0.1, 0.15) is 101 Å². The zero-order chi connectivity index (χ0) is 23.7. The summed E-state index contributed by atoms with van der Waals surface area (Å²) in [6.07, 6.45) is 13.0. The van der Waals surface area contributed by atoms with Gasteiger partial charge in [0, 0.05) is 12.8 Å². The van der Waals surface area contributed by atoms with Crippen LogP contribution in [0.25, 0.3) is 0 Å². The maximum atomic E-state index is 12.0.